The van der Waals surface area contributed by atoms with Gasteiger partial charge >= 0.3 is 5.69 Å². The summed E-state index contributed by atoms with van der Waals surface area (Å²) >= 11 is 0. The second-order valence-electron chi connectivity index (χ2n) is 7.36. The zero-order valence-corrected chi connectivity index (χ0v) is 16.8. The molecule has 152 valence electrons. The summed E-state index contributed by atoms with van der Waals surface area (Å²) in [7, 11) is 0. The number of ether oxygens (including phenoxy) is 1. The normalized spacial score (nSPS) is 12.8. The van der Waals surface area contributed by atoms with E-state index in [-0.39, 0.29) is 18.0 Å². The van der Waals surface area contributed by atoms with Gasteiger partial charge in [-0.3, -0.25) is 14.9 Å². The maximum Gasteiger partial charge on any atom is 0.311 e. The summed E-state index contributed by atoms with van der Waals surface area (Å²) in [6.45, 7) is 3.22. The minimum atomic E-state index is -0.530. The van der Waals surface area contributed by atoms with Crippen LogP contribution in [0.15, 0.2) is 53.6 Å². The molecule has 0 aromatic heterocycles. The zero-order chi connectivity index (χ0) is 21.3. The van der Waals surface area contributed by atoms with Crippen LogP contribution < -0.4 is 10.2 Å². The first-order chi connectivity index (χ1) is 14.4. The molecule has 0 spiro atoms. The molecule has 1 N–H and O–H groups in total. The summed E-state index contributed by atoms with van der Waals surface area (Å²) < 4.78 is 5.34. The van der Waals surface area contributed by atoms with Crippen LogP contribution in [0.1, 0.15) is 29.2 Å². The Balaban J connectivity index is 1.47. The minimum Gasteiger partial charge on any atom is -0.477 e. The van der Waals surface area contributed by atoms with E-state index in [1.807, 2.05) is 19.1 Å². The number of nitro benzene ring substituents is 1. The lowest BCUT2D eigenvalue weighted by Crippen LogP contribution is -2.25. The molecule has 0 atom stereocenters. The molecule has 3 aromatic rings. The number of rotatable bonds is 6. The quantitative estimate of drug-likeness (QED) is 0.381. The van der Waals surface area contributed by atoms with Gasteiger partial charge in [0.15, 0.2) is 12.4 Å². The second kappa shape index (κ2) is 7.94. The Morgan fingerprint density at radius 2 is 1.93 bits per heavy atom. The number of nitrogens with zero attached hydrogens (tertiary/aromatic N) is 2. The molecule has 7 heteroatoms. The van der Waals surface area contributed by atoms with Gasteiger partial charge in [0.05, 0.1) is 10.6 Å². The Morgan fingerprint density at radius 3 is 2.70 bits per heavy atom. The molecule has 0 heterocycles. The van der Waals surface area contributed by atoms with Crippen LogP contribution in [0.4, 0.5) is 5.69 Å². The van der Waals surface area contributed by atoms with Crippen molar-refractivity contribution in [3.63, 3.8) is 0 Å². The standard InChI is InChI=1S/C23H21N3O4/c1-14-6-11-21(20(12-14)26(28)29)30-13-22(27)25-24-15(2)18-10-9-17-8-7-16-4-3-5-19(18)23(16)17/h3-6,9-12H,7-8,13H2,1-2H3,(H,25,27)/b24-15-. The number of amides is 1. The lowest BCUT2D eigenvalue weighted by Gasteiger charge is -2.10. The molecule has 1 aliphatic rings. The van der Waals surface area contributed by atoms with E-state index in [9.17, 15) is 14.9 Å². The van der Waals surface area contributed by atoms with Gasteiger partial charge in [-0.15, -0.1) is 0 Å². The molecule has 4 rings (SSSR count). The summed E-state index contributed by atoms with van der Waals surface area (Å²) in [5, 5.41) is 17.8. The molecule has 0 saturated carbocycles. The SMILES string of the molecule is C/C(=N/NC(=O)COc1ccc(C)cc1[N+](=O)[O-])c1ccc2c3c(cccc13)CC2. The second-order valence-corrected chi connectivity index (χ2v) is 7.36. The molecule has 0 radical (unpaired) electrons. The average molecular weight is 403 g/mol. The highest BCUT2D eigenvalue weighted by molar-refractivity contribution is 6.11. The zero-order valence-electron chi connectivity index (χ0n) is 16.8. The van der Waals surface area contributed by atoms with Crippen LogP contribution in [-0.2, 0) is 17.6 Å². The van der Waals surface area contributed by atoms with Crippen molar-refractivity contribution in [2.45, 2.75) is 26.7 Å². The summed E-state index contributed by atoms with van der Waals surface area (Å²) in [6.07, 6.45) is 2.09. The third-order valence-corrected chi connectivity index (χ3v) is 5.28. The summed E-state index contributed by atoms with van der Waals surface area (Å²) in [4.78, 5) is 22.8. The highest BCUT2D eigenvalue weighted by Crippen LogP contribution is 2.33. The van der Waals surface area contributed by atoms with Crippen LogP contribution in [0, 0.1) is 17.0 Å². The van der Waals surface area contributed by atoms with E-state index in [2.05, 4.69) is 28.7 Å². The first kappa shape index (κ1) is 19.6. The van der Waals surface area contributed by atoms with Gasteiger partial charge in [0, 0.05) is 11.6 Å². The van der Waals surface area contributed by atoms with Crippen LogP contribution in [0.5, 0.6) is 5.75 Å². The first-order valence-electron chi connectivity index (χ1n) is 9.69. The van der Waals surface area contributed by atoms with Crippen molar-refractivity contribution in [1.82, 2.24) is 5.43 Å². The van der Waals surface area contributed by atoms with Crippen LogP contribution in [0.2, 0.25) is 0 Å². The van der Waals surface area contributed by atoms with Crippen LogP contribution in [0.3, 0.4) is 0 Å². The van der Waals surface area contributed by atoms with E-state index in [1.54, 1.807) is 13.0 Å². The van der Waals surface area contributed by atoms with Crippen molar-refractivity contribution in [3.8, 4) is 5.75 Å². The third kappa shape index (κ3) is 3.74. The summed E-state index contributed by atoms with van der Waals surface area (Å²) in [6, 6.07) is 15.0. The number of benzene rings is 3. The van der Waals surface area contributed by atoms with Crippen molar-refractivity contribution < 1.29 is 14.5 Å². The van der Waals surface area contributed by atoms with Gasteiger partial charge < -0.3 is 4.74 Å². The van der Waals surface area contributed by atoms with E-state index < -0.39 is 10.8 Å². The fourth-order valence-corrected chi connectivity index (χ4v) is 3.84. The highest BCUT2D eigenvalue weighted by Gasteiger charge is 2.18. The van der Waals surface area contributed by atoms with Gasteiger partial charge in [-0.2, -0.15) is 5.10 Å². The van der Waals surface area contributed by atoms with Crippen molar-refractivity contribution >= 4 is 28.1 Å². The molecule has 0 aliphatic heterocycles. The Labute approximate surface area is 173 Å². The maximum atomic E-state index is 12.2. The van der Waals surface area contributed by atoms with E-state index in [4.69, 9.17) is 4.74 Å². The Bertz CT molecular complexity index is 1190. The van der Waals surface area contributed by atoms with Gasteiger partial charge in [0.1, 0.15) is 0 Å². The van der Waals surface area contributed by atoms with Gasteiger partial charge in [-0.05, 0) is 60.2 Å². The predicted molar refractivity (Wildman–Crippen MR) is 115 cm³/mol. The number of hydrazone groups is 1. The molecular weight excluding hydrogens is 382 g/mol. The topological polar surface area (TPSA) is 93.8 Å². The Kier molecular flexibility index (Phi) is 5.18. The van der Waals surface area contributed by atoms with E-state index in [0.717, 1.165) is 29.4 Å². The summed E-state index contributed by atoms with van der Waals surface area (Å²) in [5.74, 6) is -0.441. The largest absolute Gasteiger partial charge is 0.477 e. The van der Waals surface area contributed by atoms with Crippen LogP contribution in [0.25, 0.3) is 10.8 Å². The summed E-state index contributed by atoms with van der Waals surface area (Å²) in [5.41, 5.74) is 7.37. The van der Waals surface area contributed by atoms with Crippen molar-refractivity contribution in [2.75, 3.05) is 6.61 Å². The first-order valence-corrected chi connectivity index (χ1v) is 9.69. The third-order valence-electron chi connectivity index (χ3n) is 5.28. The molecule has 0 saturated heterocycles. The molecule has 0 unspecified atom stereocenters. The Morgan fingerprint density at radius 1 is 1.17 bits per heavy atom. The van der Waals surface area contributed by atoms with E-state index in [1.165, 1.54) is 28.6 Å². The molecule has 0 fully saturated rings. The monoisotopic (exact) mass is 403 g/mol. The molecule has 3 aromatic carbocycles. The number of hydrogen-bond donors (Lipinski definition) is 1. The molecule has 1 amide bonds. The van der Waals surface area contributed by atoms with Gasteiger partial charge in [0.25, 0.3) is 5.91 Å². The number of carbonyl (C=O) groups excluding carboxylic acids is 1. The predicted octanol–water partition coefficient (Wildman–Crippen LogP) is 4.07. The van der Waals surface area contributed by atoms with Crippen molar-refractivity contribution in [2.24, 2.45) is 5.10 Å². The van der Waals surface area contributed by atoms with Gasteiger partial charge in [-0.25, -0.2) is 5.43 Å². The minimum absolute atomic E-state index is 0.0500. The molecule has 1 aliphatic carbocycles. The molecular formula is C23H21N3O4. The number of carbonyl (C=O) groups is 1. The molecule has 7 nitrogen and oxygen atoms in total. The van der Waals surface area contributed by atoms with E-state index >= 15 is 0 Å². The average Bonchev–Trinajstić information content (AvgIpc) is 3.16. The smallest absolute Gasteiger partial charge is 0.311 e. The molecule has 30 heavy (non-hydrogen) atoms. The number of aryl methyl sites for hydroxylation is 3. The maximum absolute atomic E-state index is 12.2. The van der Waals surface area contributed by atoms with Crippen LogP contribution >= 0.6 is 0 Å². The number of nitro groups is 1. The van der Waals surface area contributed by atoms with Crippen molar-refractivity contribution in [3.05, 3.63) is 80.9 Å². The fourth-order valence-electron chi connectivity index (χ4n) is 3.84. The van der Waals surface area contributed by atoms with Crippen LogP contribution in [-0.4, -0.2) is 23.1 Å². The lowest BCUT2D eigenvalue weighted by molar-refractivity contribution is -0.385. The lowest BCUT2D eigenvalue weighted by atomic mass is 9.98. The fraction of sp³-hybridized carbons (Fsp3) is 0.217. The highest BCUT2D eigenvalue weighted by atomic mass is 16.6. The number of hydrogen-bond acceptors (Lipinski definition) is 5. The van der Waals surface area contributed by atoms with Crippen molar-refractivity contribution in [1.29, 1.82) is 0 Å². The Hall–Kier alpha value is -3.74. The number of nitrogens with one attached hydrogen (secondary N) is 1. The van der Waals surface area contributed by atoms with E-state index in [0.29, 0.717) is 5.71 Å². The van der Waals surface area contributed by atoms with Gasteiger partial charge in [0.2, 0.25) is 0 Å². The molecule has 0 bridgehead atoms. The van der Waals surface area contributed by atoms with Gasteiger partial charge in [-0.1, -0.05) is 36.4 Å².